The van der Waals surface area contributed by atoms with Gasteiger partial charge in [-0.2, -0.15) is 0 Å². The van der Waals surface area contributed by atoms with Crippen LogP contribution in [-0.4, -0.2) is 24.4 Å². The van der Waals surface area contributed by atoms with E-state index < -0.39 is 0 Å². The maximum atomic E-state index is 9.17. The first-order valence-corrected chi connectivity index (χ1v) is 5.93. The number of nitrogens with one attached hydrogen (secondary N) is 1. The third-order valence-electron chi connectivity index (χ3n) is 2.98. The minimum Gasteiger partial charge on any atom is -0.508 e. The molecule has 1 fully saturated rings. The molecular weight excluding hydrogens is 202 g/mol. The van der Waals surface area contributed by atoms with Gasteiger partial charge in [0, 0.05) is 25.8 Å². The summed E-state index contributed by atoms with van der Waals surface area (Å²) in [6, 6.07) is 7.93. The van der Waals surface area contributed by atoms with E-state index >= 15 is 0 Å². The summed E-state index contributed by atoms with van der Waals surface area (Å²) in [5, 5.41) is 12.7. The van der Waals surface area contributed by atoms with Crippen LogP contribution < -0.4 is 5.32 Å². The number of rotatable bonds is 3. The highest BCUT2D eigenvalue weighted by molar-refractivity contribution is 5.25. The summed E-state index contributed by atoms with van der Waals surface area (Å²) in [7, 11) is 0. The molecular formula is C13H19NO2. The van der Waals surface area contributed by atoms with E-state index in [1.807, 2.05) is 12.1 Å². The van der Waals surface area contributed by atoms with Crippen molar-refractivity contribution in [1.82, 2.24) is 5.32 Å². The van der Waals surface area contributed by atoms with E-state index in [2.05, 4.69) is 5.32 Å². The maximum absolute atomic E-state index is 9.17. The third-order valence-corrected chi connectivity index (χ3v) is 2.98. The molecule has 1 aliphatic rings. The largest absolute Gasteiger partial charge is 0.508 e. The molecule has 1 atom stereocenters. The molecule has 1 unspecified atom stereocenters. The van der Waals surface area contributed by atoms with E-state index in [-0.39, 0.29) is 0 Å². The molecule has 0 aliphatic carbocycles. The van der Waals surface area contributed by atoms with Crippen molar-refractivity contribution in [3.8, 4) is 5.75 Å². The average Bonchev–Trinajstić information content (AvgIpc) is 2.57. The van der Waals surface area contributed by atoms with Gasteiger partial charge in [0.05, 0.1) is 0 Å². The molecule has 0 spiro atoms. The molecule has 1 heterocycles. The first kappa shape index (κ1) is 11.4. The predicted molar refractivity (Wildman–Crippen MR) is 63.4 cm³/mol. The van der Waals surface area contributed by atoms with Crippen molar-refractivity contribution >= 4 is 0 Å². The van der Waals surface area contributed by atoms with Gasteiger partial charge < -0.3 is 15.2 Å². The minimum absolute atomic E-state index is 0.326. The zero-order valence-electron chi connectivity index (χ0n) is 9.48. The Hall–Kier alpha value is -1.06. The summed E-state index contributed by atoms with van der Waals surface area (Å²) in [4.78, 5) is 0. The smallest absolute Gasteiger partial charge is 0.115 e. The summed E-state index contributed by atoms with van der Waals surface area (Å²) < 4.78 is 5.42. The van der Waals surface area contributed by atoms with Crippen LogP contribution in [0.4, 0.5) is 0 Å². The van der Waals surface area contributed by atoms with Crippen molar-refractivity contribution in [3.63, 3.8) is 0 Å². The Morgan fingerprint density at radius 1 is 1.19 bits per heavy atom. The Labute approximate surface area is 96.4 Å². The van der Waals surface area contributed by atoms with Crippen molar-refractivity contribution in [1.29, 1.82) is 0 Å². The summed E-state index contributed by atoms with van der Waals surface area (Å²) in [5.74, 6) is 0.326. The summed E-state index contributed by atoms with van der Waals surface area (Å²) >= 11 is 0. The Bertz CT molecular complexity index is 302. The number of benzene rings is 1. The van der Waals surface area contributed by atoms with Gasteiger partial charge in [0.15, 0.2) is 0 Å². The molecule has 1 aliphatic heterocycles. The van der Waals surface area contributed by atoms with E-state index in [0.717, 1.165) is 32.6 Å². The minimum atomic E-state index is 0.326. The van der Waals surface area contributed by atoms with E-state index in [9.17, 15) is 5.11 Å². The number of phenols is 1. The second-order valence-corrected chi connectivity index (χ2v) is 4.29. The van der Waals surface area contributed by atoms with E-state index in [1.165, 1.54) is 12.0 Å². The Balaban J connectivity index is 1.79. The molecule has 16 heavy (non-hydrogen) atoms. The molecule has 3 heteroatoms. The Morgan fingerprint density at radius 3 is 2.81 bits per heavy atom. The standard InChI is InChI=1S/C13H19NO2/c15-13-5-3-11(4-6-13)10-14-12-2-1-8-16-9-7-12/h3-6,12,14-15H,1-2,7-10H2. The number of ether oxygens (including phenoxy) is 1. The monoisotopic (exact) mass is 221 g/mol. The second-order valence-electron chi connectivity index (χ2n) is 4.29. The van der Waals surface area contributed by atoms with Crippen LogP contribution in [0, 0.1) is 0 Å². The fourth-order valence-corrected chi connectivity index (χ4v) is 1.98. The number of phenolic OH excluding ortho intramolecular Hbond substituents is 1. The molecule has 88 valence electrons. The normalized spacial score (nSPS) is 21.6. The summed E-state index contributed by atoms with van der Waals surface area (Å²) in [6.45, 7) is 2.63. The lowest BCUT2D eigenvalue weighted by atomic mass is 10.1. The quantitative estimate of drug-likeness (QED) is 0.820. The zero-order chi connectivity index (χ0) is 11.2. The molecule has 0 radical (unpaired) electrons. The highest BCUT2D eigenvalue weighted by Gasteiger charge is 2.11. The SMILES string of the molecule is Oc1ccc(CNC2CCCOCC2)cc1. The lowest BCUT2D eigenvalue weighted by Gasteiger charge is -2.15. The fraction of sp³-hybridized carbons (Fsp3) is 0.538. The van der Waals surface area contributed by atoms with Crippen LogP contribution >= 0.6 is 0 Å². The molecule has 1 aromatic rings. The van der Waals surface area contributed by atoms with Gasteiger partial charge >= 0.3 is 0 Å². The predicted octanol–water partition coefficient (Wildman–Crippen LogP) is 2.05. The molecule has 3 nitrogen and oxygen atoms in total. The van der Waals surface area contributed by atoms with Crippen molar-refractivity contribution in [3.05, 3.63) is 29.8 Å². The van der Waals surface area contributed by atoms with E-state index in [0.29, 0.717) is 11.8 Å². The lowest BCUT2D eigenvalue weighted by molar-refractivity contribution is 0.142. The zero-order valence-corrected chi connectivity index (χ0v) is 9.48. The van der Waals surface area contributed by atoms with Gasteiger partial charge in [0.1, 0.15) is 5.75 Å². The lowest BCUT2D eigenvalue weighted by Crippen LogP contribution is -2.28. The van der Waals surface area contributed by atoms with Crippen molar-refractivity contribution in [2.24, 2.45) is 0 Å². The number of aromatic hydroxyl groups is 1. The van der Waals surface area contributed by atoms with Gasteiger partial charge in [-0.05, 0) is 37.0 Å². The first-order valence-electron chi connectivity index (χ1n) is 5.93. The Morgan fingerprint density at radius 2 is 2.00 bits per heavy atom. The van der Waals surface area contributed by atoms with Gasteiger partial charge in [-0.1, -0.05) is 12.1 Å². The number of hydrogen-bond donors (Lipinski definition) is 2. The first-order chi connectivity index (χ1) is 7.84. The summed E-state index contributed by atoms with van der Waals surface area (Å²) in [5.41, 5.74) is 1.21. The van der Waals surface area contributed by atoms with Crippen LogP contribution in [0.3, 0.4) is 0 Å². The van der Waals surface area contributed by atoms with E-state index in [4.69, 9.17) is 4.74 Å². The molecule has 0 saturated carbocycles. The maximum Gasteiger partial charge on any atom is 0.115 e. The molecule has 1 saturated heterocycles. The van der Waals surface area contributed by atoms with Gasteiger partial charge in [-0.3, -0.25) is 0 Å². The third kappa shape index (κ3) is 3.51. The second kappa shape index (κ2) is 5.87. The van der Waals surface area contributed by atoms with Gasteiger partial charge in [0.25, 0.3) is 0 Å². The molecule has 0 bridgehead atoms. The summed E-state index contributed by atoms with van der Waals surface area (Å²) in [6.07, 6.45) is 3.43. The molecule has 2 rings (SSSR count). The molecule has 0 amide bonds. The van der Waals surface area contributed by atoms with Crippen molar-refractivity contribution in [2.45, 2.75) is 31.8 Å². The molecule has 1 aromatic carbocycles. The van der Waals surface area contributed by atoms with Crippen molar-refractivity contribution in [2.75, 3.05) is 13.2 Å². The van der Waals surface area contributed by atoms with Crippen LogP contribution in [0.1, 0.15) is 24.8 Å². The molecule has 0 aromatic heterocycles. The Kier molecular flexibility index (Phi) is 4.19. The van der Waals surface area contributed by atoms with Crippen LogP contribution in [0.15, 0.2) is 24.3 Å². The van der Waals surface area contributed by atoms with Crippen molar-refractivity contribution < 1.29 is 9.84 Å². The number of hydrogen-bond acceptors (Lipinski definition) is 3. The molecule has 2 N–H and O–H groups in total. The van der Waals surface area contributed by atoms with Crippen LogP contribution in [0.2, 0.25) is 0 Å². The van der Waals surface area contributed by atoms with Crippen LogP contribution in [0.5, 0.6) is 5.75 Å². The van der Waals surface area contributed by atoms with Gasteiger partial charge in [-0.25, -0.2) is 0 Å². The highest BCUT2D eigenvalue weighted by atomic mass is 16.5. The fourth-order valence-electron chi connectivity index (χ4n) is 1.98. The average molecular weight is 221 g/mol. The van der Waals surface area contributed by atoms with E-state index in [1.54, 1.807) is 12.1 Å². The van der Waals surface area contributed by atoms with Crippen LogP contribution in [0.25, 0.3) is 0 Å². The van der Waals surface area contributed by atoms with Gasteiger partial charge in [0.2, 0.25) is 0 Å². The van der Waals surface area contributed by atoms with Gasteiger partial charge in [-0.15, -0.1) is 0 Å². The highest BCUT2D eigenvalue weighted by Crippen LogP contribution is 2.12. The topological polar surface area (TPSA) is 41.5 Å². The van der Waals surface area contributed by atoms with Crippen LogP contribution in [-0.2, 0) is 11.3 Å².